The van der Waals surface area contributed by atoms with E-state index in [4.69, 9.17) is 11.6 Å². The molecule has 0 saturated carbocycles. The fourth-order valence-corrected chi connectivity index (χ4v) is 3.77. The van der Waals surface area contributed by atoms with Crippen molar-refractivity contribution in [2.45, 2.75) is 25.2 Å². The maximum Gasteiger partial charge on any atom is 0.175 e. The Morgan fingerprint density at radius 3 is 2.33 bits per heavy atom. The van der Waals surface area contributed by atoms with Gasteiger partial charge in [-0.2, -0.15) is 0 Å². The fraction of sp³-hybridized carbons (Fsp3) is 0.211. The van der Waals surface area contributed by atoms with Crippen LogP contribution in [0.4, 0.5) is 0 Å². The van der Waals surface area contributed by atoms with Crippen LogP contribution in [0.5, 0.6) is 0 Å². The van der Waals surface area contributed by atoms with Gasteiger partial charge < -0.3 is 0 Å². The number of aryl methyl sites for hydroxylation is 2. The number of sulfone groups is 1. The Kier molecular flexibility index (Phi) is 4.37. The van der Waals surface area contributed by atoms with E-state index >= 15 is 0 Å². The zero-order valence-electron chi connectivity index (χ0n) is 13.8. The molecule has 0 N–H and O–H groups in total. The zero-order valence-corrected chi connectivity index (χ0v) is 15.4. The van der Waals surface area contributed by atoms with Crippen molar-refractivity contribution < 1.29 is 8.42 Å². The lowest BCUT2D eigenvalue weighted by Crippen LogP contribution is -2.01. The van der Waals surface area contributed by atoms with Crippen molar-refractivity contribution in [2.24, 2.45) is 0 Å². The highest BCUT2D eigenvalue weighted by Gasteiger charge is 2.12. The second-order valence-electron chi connectivity index (χ2n) is 6.03. The number of pyridine rings is 1. The van der Waals surface area contributed by atoms with Gasteiger partial charge in [-0.1, -0.05) is 35.9 Å². The first kappa shape index (κ1) is 16.9. The molecule has 0 fully saturated rings. The summed E-state index contributed by atoms with van der Waals surface area (Å²) in [7, 11) is -3.17. The molecule has 2 aromatic carbocycles. The number of fused-ring (bicyclic) bond motifs is 1. The molecule has 0 unspecified atom stereocenters. The summed E-state index contributed by atoms with van der Waals surface area (Å²) in [5.74, 6) is 0. The fourth-order valence-electron chi connectivity index (χ4n) is 2.92. The molecule has 3 nitrogen and oxygen atoms in total. The van der Waals surface area contributed by atoms with Crippen LogP contribution < -0.4 is 0 Å². The minimum absolute atomic E-state index is 0.336. The lowest BCUT2D eigenvalue weighted by Gasteiger charge is -2.13. The molecule has 0 aliphatic carbocycles. The molecule has 0 bridgehead atoms. The van der Waals surface area contributed by atoms with Crippen molar-refractivity contribution in [3.8, 4) is 0 Å². The second-order valence-corrected chi connectivity index (χ2v) is 8.45. The average Bonchev–Trinajstić information content (AvgIpc) is 2.52. The summed E-state index contributed by atoms with van der Waals surface area (Å²) in [5.41, 5.74) is 5.13. The Bertz CT molecular complexity index is 1030. The van der Waals surface area contributed by atoms with Gasteiger partial charge >= 0.3 is 0 Å². The second kappa shape index (κ2) is 6.19. The first-order chi connectivity index (χ1) is 11.3. The number of benzene rings is 2. The number of nitrogens with zero attached hydrogens (tertiary/aromatic N) is 1. The Hall–Kier alpha value is -1.91. The predicted molar refractivity (Wildman–Crippen MR) is 98.6 cm³/mol. The summed E-state index contributed by atoms with van der Waals surface area (Å²) in [4.78, 5) is 5.00. The van der Waals surface area contributed by atoms with Crippen LogP contribution in [0.25, 0.3) is 10.9 Å². The largest absolute Gasteiger partial charge is 0.251 e. The standard InChI is InChI=1S/C19H18ClNO2S/c1-12-16-5-4-6-18(20)19(16)21-13(2)17(12)11-14-7-9-15(10-8-14)24(3,22)23/h4-10H,11H2,1-3H3. The Labute approximate surface area is 147 Å². The van der Waals surface area contributed by atoms with Gasteiger partial charge in [0.1, 0.15) is 0 Å². The molecule has 3 aromatic rings. The van der Waals surface area contributed by atoms with Crippen molar-refractivity contribution in [1.82, 2.24) is 4.98 Å². The van der Waals surface area contributed by atoms with Gasteiger partial charge in [-0.3, -0.25) is 4.98 Å². The minimum Gasteiger partial charge on any atom is -0.251 e. The van der Waals surface area contributed by atoms with Gasteiger partial charge in [0.15, 0.2) is 9.84 Å². The third-order valence-electron chi connectivity index (χ3n) is 4.29. The van der Waals surface area contributed by atoms with Gasteiger partial charge in [-0.15, -0.1) is 0 Å². The van der Waals surface area contributed by atoms with Crippen LogP contribution in [0, 0.1) is 13.8 Å². The average molecular weight is 360 g/mol. The molecule has 24 heavy (non-hydrogen) atoms. The topological polar surface area (TPSA) is 47.0 Å². The Morgan fingerprint density at radius 2 is 1.71 bits per heavy atom. The molecule has 0 aliphatic heterocycles. The van der Waals surface area contributed by atoms with Gasteiger partial charge in [0, 0.05) is 17.3 Å². The van der Waals surface area contributed by atoms with Gasteiger partial charge in [0.25, 0.3) is 0 Å². The van der Waals surface area contributed by atoms with Crippen molar-refractivity contribution in [3.05, 3.63) is 69.9 Å². The van der Waals surface area contributed by atoms with Gasteiger partial charge in [-0.25, -0.2) is 8.42 Å². The van der Waals surface area contributed by atoms with Gasteiger partial charge in [0.2, 0.25) is 0 Å². The van der Waals surface area contributed by atoms with Crippen molar-refractivity contribution in [2.75, 3.05) is 6.26 Å². The summed E-state index contributed by atoms with van der Waals surface area (Å²) >= 11 is 6.25. The smallest absolute Gasteiger partial charge is 0.175 e. The summed E-state index contributed by atoms with van der Waals surface area (Å²) in [6.45, 7) is 4.06. The van der Waals surface area contributed by atoms with Crippen LogP contribution in [0.3, 0.4) is 0 Å². The van der Waals surface area contributed by atoms with E-state index in [0.717, 1.165) is 33.3 Å². The number of hydrogen-bond acceptors (Lipinski definition) is 3. The maximum absolute atomic E-state index is 11.6. The molecule has 5 heteroatoms. The summed E-state index contributed by atoms with van der Waals surface area (Å²) in [6.07, 6.45) is 1.92. The zero-order chi connectivity index (χ0) is 17.5. The third-order valence-corrected chi connectivity index (χ3v) is 5.73. The van der Waals surface area contributed by atoms with E-state index in [9.17, 15) is 8.42 Å². The molecule has 1 heterocycles. The highest BCUT2D eigenvalue weighted by Crippen LogP contribution is 2.29. The molecule has 0 radical (unpaired) electrons. The molecule has 1 aromatic heterocycles. The lowest BCUT2D eigenvalue weighted by molar-refractivity contribution is 0.602. The van der Waals surface area contributed by atoms with E-state index in [2.05, 4.69) is 11.9 Å². The predicted octanol–water partition coefficient (Wildman–Crippen LogP) is 4.50. The highest BCUT2D eigenvalue weighted by atomic mass is 35.5. The number of hydrogen-bond donors (Lipinski definition) is 0. The molecule has 0 atom stereocenters. The van der Waals surface area contributed by atoms with Crippen LogP contribution in [0.2, 0.25) is 5.02 Å². The maximum atomic E-state index is 11.6. The van der Waals surface area contributed by atoms with Gasteiger partial charge in [0.05, 0.1) is 15.4 Å². The summed E-state index contributed by atoms with van der Waals surface area (Å²) < 4.78 is 23.1. The van der Waals surface area contributed by atoms with Gasteiger partial charge in [-0.05, 0) is 55.2 Å². The van der Waals surface area contributed by atoms with Crippen molar-refractivity contribution in [1.29, 1.82) is 0 Å². The van der Waals surface area contributed by atoms with Crippen molar-refractivity contribution in [3.63, 3.8) is 0 Å². The van der Waals surface area contributed by atoms with E-state index in [0.29, 0.717) is 16.3 Å². The molecule has 0 spiro atoms. The van der Waals surface area contributed by atoms with E-state index in [1.165, 1.54) is 6.26 Å². The van der Waals surface area contributed by atoms with Crippen LogP contribution in [-0.4, -0.2) is 19.7 Å². The highest BCUT2D eigenvalue weighted by molar-refractivity contribution is 7.90. The normalized spacial score (nSPS) is 11.8. The van der Waals surface area contributed by atoms with E-state index in [1.807, 2.05) is 37.3 Å². The molecular weight excluding hydrogens is 342 g/mol. The van der Waals surface area contributed by atoms with Crippen LogP contribution in [0.15, 0.2) is 47.4 Å². The first-order valence-corrected chi connectivity index (χ1v) is 9.87. The number of para-hydroxylation sites is 1. The number of aromatic nitrogens is 1. The van der Waals surface area contributed by atoms with E-state index < -0.39 is 9.84 Å². The van der Waals surface area contributed by atoms with Crippen LogP contribution >= 0.6 is 11.6 Å². The van der Waals surface area contributed by atoms with Crippen LogP contribution in [0.1, 0.15) is 22.4 Å². The first-order valence-electron chi connectivity index (χ1n) is 7.60. The van der Waals surface area contributed by atoms with Crippen molar-refractivity contribution >= 4 is 32.3 Å². The summed E-state index contributed by atoms with van der Waals surface area (Å²) in [5, 5.41) is 1.71. The number of rotatable bonds is 3. The Balaban J connectivity index is 2.04. The molecule has 0 aliphatic rings. The van der Waals surface area contributed by atoms with E-state index in [-0.39, 0.29) is 0 Å². The number of halogens is 1. The Morgan fingerprint density at radius 1 is 1.04 bits per heavy atom. The minimum atomic E-state index is -3.17. The monoisotopic (exact) mass is 359 g/mol. The SMILES string of the molecule is Cc1nc2c(Cl)cccc2c(C)c1Cc1ccc(S(C)(=O)=O)cc1. The molecule has 0 amide bonds. The molecular formula is C19H18ClNO2S. The summed E-state index contributed by atoms with van der Waals surface area (Å²) in [6, 6.07) is 12.8. The molecule has 124 valence electrons. The van der Waals surface area contributed by atoms with E-state index in [1.54, 1.807) is 12.1 Å². The molecule has 3 rings (SSSR count). The third kappa shape index (κ3) is 3.17. The van der Waals surface area contributed by atoms with Crippen LogP contribution in [-0.2, 0) is 16.3 Å². The molecule has 0 saturated heterocycles. The lowest BCUT2D eigenvalue weighted by atomic mass is 9.96. The quantitative estimate of drug-likeness (QED) is 0.691.